The number of hydrogen-bond acceptors (Lipinski definition) is 5. The van der Waals surface area contributed by atoms with Gasteiger partial charge in [0.05, 0.1) is 19.3 Å². The van der Waals surface area contributed by atoms with Crippen LogP contribution < -0.4 is 26.2 Å². The predicted octanol–water partition coefficient (Wildman–Crippen LogP) is 4.52. The summed E-state index contributed by atoms with van der Waals surface area (Å²) >= 11 is 5.91. The molecule has 7 heteroatoms. The van der Waals surface area contributed by atoms with E-state index in [9.17, 15) is 9.59 Å². The van der Waals surface area contributed by atoms with E-state index in [4.69, 9.17) is 26.8 Å². The number of carbonyl (C=O) groups is 2. The standard InChI is InChI=1S/C31H41ClN2O4/c1-5-27-24(14-17-28(30(27)38-4)31(36)34-19-20-37-3)11-9-22(2)7-6-8-23(21-33)10-18-29(35)25-12-15-26(32)16-13-25/h5-7,11-17,22-23H,8-10,18-21,33H2,1-4H3,(H,34,36). The molecule has 2 aromatic rings. The van der Waals surface area contributed by atoms with Crippen LogP contribution in [0.15, 0.2) is 48.6 Å². The summed E-state index contributed by atoms with van der Waals surface area (Å²) in [7, 11) is 3.18. The van der Waals surface area contributed by atoms with Crippen molar-refractivity contribution in [2.75, 3.05) is 33.9 Å². The topological polar surface area (TPSA) is 90.7 Å². The molecular weight excluding hydrogens is 500 g/mol. The van der Waals surface area contributed by atoms with Gasteiger partial charge in [-0.2, -0.15) is 0 Å². The molecule has 0 aromatic heterocycles. The van der Waals surface area contributed by atoms with E-state index in [0.717, 1.165) is 29.7 Å². The Bertz CT molecular complexity index is 1190. The van der Waals surface area contributed by atoms with Crippen molar-refractivity contribution in [3.05, 3.63) is 75.1 Å². The van der Waals surface area contributed by atoms with Crippen molar-refractivity contribution >= 4 is 35.4 Å². The van der Waals surface area contributed by atoms with Crippen molar-refractivity contribution in [1.82, 2.24) is 5.32 Å². The Labute approximate surface area is 231 Å². The van der Waals surface area contributed by atoms with E-state index in [0.29, 0.717) is 53.9 Å². The minimum Gasteiger partial charge on any atom is -0.495 e. The molecule has 206 valence electrons. The summed E-state index contributed by atoms with van der Waals surface area (Å²) in [6.45, 7) is 5.53. The van der Waals surface area contributed by atoms with Gasteiger partial charge in [0, 0.05) is 35.9 Å². The number of ketones is 1. The molecule has 0 radical (unpaired) electrons. The first-order chi connectivity index (χ1) is 18.3. The first kappa shape index (κ1) is 31.3. The SMILES string of the molecule is CC=c1c(OC)c(C(=O)NCCOC)ccc1=CCC(C)C=CCC(CN)CCC(=O)c1ccc(Cl)cc1. The number of allylic oxidation sites excluding steroid dienone is 2. The summed E-state index contributed by atoms with van der Waals surface area (Å²) in [6, 6.07) is 10.8. The molecule has 0 aliphatic heterocycles. The third-order valence-electron chi connectivity index (χ3n) is 6.48. The maximum absolute atomic E-state index is 12.6. The van der Waals surface area contributed by atoms with Crippen molar-refractivity contribution in [3.63, 3.8) is 0 Å². The number of hydrogen-bond donors (Lipinski definition) is 2. The highest BCUT2D eigenvalue weighted by Gasteiger charge is 2.14. The normalized spacial score (nSPS) is 14.1. The highest BCUT2D eigenvalue weighted by molar-refractivity contribution is 6.30. The summed E-state index contributed by atoms with van der Waals surface area (Å²) in [4.78, 5) is 25.0. The van der Waals surface area contributed by atoms with Crippen LogP contribution in [0.3, 0.4) is 0 Å². The zero-order valence-corrected chi connectivity index (χ0v) is 23.7. The molecule has 0 bridgehead atoms. The largest absolute Gasteiger partial charge is 0.495 e. The van der Waals surface area contributed by atoms with E-state index in [-0.39, 0.29) is 17.6 Å². The quantitative estimate of drug-likeness (QED) is 0.197. The van der Waals surface area contributed by atoms with Gasteiger partial charge in [-0.05, 0) is 80.1 Å². The van der Waals surface area contributed by atoms with Gasteiger partial charge in [0.2, 0.25) is 0 Å². The molecule has 0 aliphatic carbocycles. The van der Waals surface area contributed by atoms with Crippen molar-refractivity contribution in [1.29, 1.82) is 0 Å². The molecule has 0 aliphatic rings. The highest BCUT2D eigenvalue weighted by Crippen LogP contribution is 2.17. The number of benzene rings is 2. The number of rotatable bonds is 15. The van der Waals surface area contributed by atoms with Gasteiger partial charge in [0.25, 0.3) is 5.91 Å². The molecule has 6 nitrogen and oxygen atoms in total. The van der Waals surface area contributed by atoms with Gasteiger partial charge in [0.15, 0.2) is 5.78 Å². The smallest absolute Gasteiger partial charge is 0.255 e. The molecular formula is C31H41ClN2O4. The van der Waals surface area contributed by atoms with E-state index in [1.807, 2.05) is 19.1 Å². The van der Waals surface area contributed by atoms with Crippen LogP contribution in [-0.4, -0.2) is 45.6 Å². The number of ether oxygens (including phenoxy) is 2. The highest BCUT2D eigenvalue weighted by atomic mass is 35.5. The van der Waals surface area contributed by atoms with E-state index in [1.165, 1.54) is 0 Å². The lowest BCUT2D eigenvalue weighted by Crippen LogP contribution is -2.32. The first-order valence-electron chi connectivity index (χ1n) is 13.1. The summed E-state index contributed by atoms with van der Waals surface area (Å²) in [6.07, 6.45) is 11.4. The Morgan fingerprint density at radius 2 is 1.84 bits per heavy atom. The second kappa shape index (κ2) is 16.8. The molecule has 0 saturated heterocycles. The number of nitrogens with one attached hydrogen (secondary N) is 1. The van der Waals surface area contributed by atoms with Gasteiger partial charge in [-0.3, -0.25) is 9.59 Å². The molecule has 3 N–H and O–H groups in total. The van der Waals surface area contributed by atoms with Crippen LogP contribution in [0, 0.1) is 11.8 Å². The zero-order valence-electron chi connectivity index (χ0n) is 23.0. The number of nitrogens with two attached hydrogens (primary N) is 1. The lowest BCUT2D eigenvalue weighted by molar-refractivity contribution is 0.0932. The van der Waals surface area contributed by atoms with Gasteiger partial charge in [-0.25, -0.2) is 0 Å². The van der Waals surface area contributed by atoms with Crippen molar-refractivity contribution in [3.8, 4) is 5.75 Å². The number of methoxy groups -OCH3 is 2. The molecule has 2 aromatic carbocycles. The third-order valence-corrected chi connectivity index (χ3v) is 6.73. The van der Waals surface area contributed by atoms with Gasteiger partial charge >= 0.3 is 0 Å². The van der Waals surface area contributed by atoms with Gasteiger partial charge in [-0.15, -0.1) is 0 Å². The molecule has 38 heavy (non-hydrogen) atoms. The fraction of sp³-hybridized carbons (Fsp3) is 0.419. The van der Waals surface area contributed by atoms with Gasteiger partial charge < -0.3 is 20.5 Å². The Kier molecular flexibility index (Phi) is 13.8. The first-order valence-corrected chi connectivity index (χ1v) is 13.5. The number of halogens is 1. The minimum absolute atomic E-state index is 0.115. The summed E-state index contributed by atoms with van der Waals surface area (Å²) < 4.78 is 10.6. The summed E-state index contributed by atoms with van der Waals surface area (Å²) in [5, 5.41) is 5.40. The van der Waals surface area contributed by atoms with Crippen LogP contribution >= 0.6 is 11.6 Å². The van der Waals surface area contributed by atoms with Crippen LogP contribution in [-0.2, 0) is 4.74 Å². The summed E-state index contributed by atoms with van der Waals surface area (Å²) in [5.74, 6) is 1.07. The number of Topliss-reactive ketones (excluding diaryl/α,β-unsaturated/α-hetero) is 1. The predicted molar refractivity (Wildman–Crippen MR) is 156 cm³/mol. The Balaban J connectivity index is 1.98. The zero-order chi connectivity index (χ0) is 27.9. The van der Waals surface area contributed by atoms with Crippen LogP contribution in [0.4, 0.5) is 0 Å². The van der Waals surface area contributed by atoms with Crippen LogP contribution in [0.25, 0.3) is 12.2 Å². The fourth-order valence-corrected chi connectivity index (χ4v) is 4.32. The lowest BCUT2D eigenvalue weighted by atomic mass is 9.95. The Morgan fingerprint density at radius 1 is 1.11 bits per heavy atom. The van der Waals surface area contributed by atoms with Crippen LogP contribution in [0.1, 0.15) is 60.2 Å². The van der Waals surface area contributed by atoms with Crippen molar-refractivity contribution in [2.24, 2.45) is 17.6 Å². The Morgan fingerprint density at radius 3 is 2.47 bits per heavy atom. The van der Waals surface area contributed by atoms with Gasteiger partial charge in [0.1, 0.15) is 5.75 Å². The molecule has 0 saturated carbocycles. The molecule has 0 spiro atoms. The maximum Gasteiger partial charge on any atom is 0.255 e. The molecule has 0 heterocycles. The fourth-order valence-electron chi connectivity index (χ4n) is 4.19. The van der Waals surface area contributed by atoms with E-state index >= 15 is 0 Å². The molecule has 2 atom stereocenters. The molecule has 2 rings (SSSR count). The lowest BCUT2D eigenvalue weighted by Gasteiger charge is -2.12. The average Bonchev–Trinajstić information content (AvgIpc) is 2.93. The maximum atomic E-state index is 12.6. The van der Waals surface area contributed by atoms with Crippen molar-refractivity contribution in [2.45, 2.75) is 39.5 Å². The van der Waals surface area contributed by atoms with E-state index in [1.54, 1.807) is 44.6 Å². The van der Waals surface area contributed by atoms with E-state index in [2.05, 4.69) is 30.5 Å². The molecule has 0 fully saturated rings. The second-order valence-corrected chi connectivity index (χ2v) is 9.77. The molecule has 1 amide bonds. The molecule has 2 unspecified atom stereocenters. The van der Waals surface area contributed by atoms with Crippen molar-refractivity contribution < 1.29 is 19.1 Å². The van der Waals surface area contributed by atoms with Crippen LogP contribution in [0.5, 0.6) is 5.75 Å². The minimum atomic E-state index is -0.186. The third kappa shape index (κ3) is 9.75. The van der Waals surface area contributed by atoms with Crippen LogP contribution in [0.2, 0.25) is 5.02 Å². The Hall–Kier alpha value is -2.93. The average molecular weight is 541 g/mol. The second-order valence-electron chi connectivity index (χ2n) is 9.34. The monoisotopic (exact) mass is 540 g/mol. The number of carbonyl (C=O) groups excluding carboxylic acids is 2. The summed E-state index contributed by atoms with van der Waals surface area (Å²) in [5.41, 5.74) is 7.17. The van der Waals surface area contributed by atoms with E-state index < -0.39 is 0 Å². The van der Waals surface area contributed by atoms with Gasteiger partial charge in [-0.1, -0.05) is 48.9 Å². The number of amides is 1.